The highest BCUT2D eigenvalue weighted by molar-refractivity contribution is 6.07. The molecule has 134 valence electrons. The van der Waals surface area contributed by atoms with Gasteiger partial charge in [-0.15, -0.1) is 0 Å². The third kappa shape index (κ3) is 3.91. The van der Waals surface area contributed by atoms with Crippen LogP contribution in [0.3, 0.4) is 0 Å². The molecular formula is C20H22N4O2. The summed E-state index contributed by atoms with van der Waals surface area (Å²) >= 11 is 0. The molecule has 3 aromatic rings. The normalized spacial score (nSPS) is 10.5. The number of carbonyl (C=O) groups is 1. The lowest BCUT2D eigenvalue weighted by Crippen LogP contribution is -2.18. The zero-order chi connectivity index (χ0) is 18.4. The fourth-order valence-electron chi connectivity index (χ4n) is 2.56. The van der Waals surface area contributed by atoms with Crippen LogP contribution < -0.4 is 15.4 Å². The van der Waals surface area contributed by atoms with E-state index < -0.39 is 0 Å². The highest BCUT2D eigenvalue weighted by atomic mass is 16.5. The Labute approximate surface area is 152 Å². The van der Waals surface area contributed by atoms with Crippen LogP contribution in [0.4, 0.5) is 11.5 Å². The summed E-state index contributed by atoms with van der Waals surface area (Å²) in [4.78, 5) is 22.0. The van der Waals surface area contributed by atoms with E-state index in [2.05, 4.69) is 27.5 Å². The van der Waals surface area contributed by atoms with E-state index in [1.54, 1.807) is 6.07 Å². The number of ether oxygens (including phenoxy) is 1. The van der Waals surface area contributed by atoms with Gasteiger partial charge in [0.25, 0.3) is 5.91 Å². The molecule has 0 spiro atoms. The molecule has 0 fully saturated rings. The Morgan fingerprint density at radius 2 is 1.69 bits per heavy atom. The van der Waals surface area contributed by atoms with Crippen LogP contribution in [0.5, 0.6) is 5.75 Å². The average Bonchev–Trinajstić information content (AvgIpc) is 2.67. The second-order valence-corrected chi connectivity index (χ2v) is 5.72. The third-order valence-corrected chi connectivity index (χ3v) is 3.76. The molecule has 26 heavy (non-hydrogen) atoms. The molecule has 6 nitrogen and oxygen atoms in total. The van der Waals surface area contributed by atoms with Crippen molar-refractivity contribution in [3.05, 3.63) is 54.2 Å². The van der Waals surface area contributed by atoms with Gasteiger partial charge in [-0.1, -0.05) is 31.2 Å². The van der Waals surface area contributed by atoms with Crippen LogP contribution >= 0.6 is 0 Å². The fourth-order valence-corrected chi connectivity index (χ4v) is 2.56. The van der Waals surface area contributed by atoms with Gasteiger partial charge in [-0.25, -0.2) is 9.97 Å². The van der Waals surface area contributed by atoms with Crippen molar-refractivity contribution in [1.29, 1.82) is 0 Å². The van der Waals surface area contributed by atoms with Crippen molar-refractivity contribution in [3.8, 4) is 5.75 Å². The van der Waals surface area contributed by atoms with Gasteiger partial charge in [-0.3, -0.25) is 4.79 Å². The number of para-hydroxylation sites is 4. The van der Waals surface area contributed by atoms with Crippen LogP contribution in [0.25, 0.3) is 11.0 Å². The van der Waals surface area contributed by atoms with E-state index in [0.29, 0.717) is 35.9 Å². The van der Waals surface area contributed by atoms with E-state index in [1.807, 2.05) is 49.4 Å². The van der Waals surface area contributed by atoms with E-state index in [-0.39, 0.29) is 11.6 Å². The minimum absolute atomic E-state index is 0.267. The first-order chi connectivity index (χ1) is 12.7. The zero-order valence-electron chi connectivity index (χ0n) is 15.0. The molecular weight excluding hydrogens is 328 g/mol. The molecule has 0 saturated carbocycles. The number of benzene rings is 2. The van der Waals surface area contributed by atoms with E-state index >= 15 is 0 Å². The third-order valence-electron chi connectivity index (χ3n) is 3.76. The number of anilines is 2. The Hall–Kier alpha value is -3.15. The molecule has 2 aromatic carbocycles. The molecule has 0 bridgehead atoms. The number of nitrogens with one attached hydrogen (secondary N) is 2. The number of fused-ring (bicyclic) bond motifs is 1. The summed E-state index contributed by atoms with van der Waals surface area (Å²) in [5, 5.41) is 6.08. The maximum absolute atomic E-state index is 12.9. The first-order valence-corrected chi connectivity index (χ1v) is 8.76. The van der Waals surface area contributed by atoms with Gasteiger partial charge in [0.15, 0.2) is 11.5 Å². The van der Waals surface area contributed by atoms with E-state index in [1.165, 1.54) is 0 Å². The number of aromatic nitrogens is 2. The largest absolute Gasteiger partial charge is 0.492 e. The Balaban J connectivity index is 1.96. The summed E-state index contributed by atoms with van der Waals surface area (Å²) < 4.78 is 5.57. The second kappa shape index (κ2) is 8.29. The summed E-state index contributed by atoms with van der Waals surface area (Å²) in [6.07, 6.45) is 0.919. The number of hydrogen-bond acceptors (Lipinski definition) is 5. The summed E-state index contributed by atoms with van der Waals surface area (Å²) in [7, 11) is 0. The van der Waals surface area contributed by atoms with Crippen LogP contribution in [0.15, 0.2) is 48.5 Å². The summed E-state index contributed by atoms with van der Waals surface area (Å²) in [6, 6.07) is 14.8. The molecule has 3 rings (SSSR count). The predicted octanol–water partition coefficient (Wildman–Crippen LogP) is 4.10. The Morgan fingerprint density at radius 1 is 1.00 bits per heavy atom. The SMILES string of the molecule is CCCNc1nc2ccccc2nc1C(=O)Nc1ccccc1OCC. The van der Waals surface area contributed by atoms with Gasteiger partial charge in [-0.2, -0.15) is 0 Å². The monoisotopic (exact) mass is 350 g/mol. The average molecular weight is 350 g/mol. The Kier molecular flexibility index (Phi) is 5.63. The van der Waals surface area contributed by atoms with Crippen molar-refractivity contribution in [2.75, 3.05) is 23.8 Å². The molecule has 2 N–H and O–H groups in total. The molecule has 0 aliphatic carbocycles. The maximum atomic E-state index is 12.9. The van der Waals surface area contributed by atoms with Crippen molar-refractivity contribution in [2.24, 2.45) is 0 Å². The van der Waals surface area contributed by atoms with Crippen LogP contribution in [0.1, 0.15) is 30.8 Å². The van der Waals surface area contributed by atoms with Crippen LogP contribution in [-0.2, 0) is 0 Å². The molecule has 6 heteroatoms. The van der Waals surface area contributed by atoms with Crippen LogP contribution in [0.2, 0.25) is 0 Å². The first kappa shape index (κ1) is 17.7. The zero-order valence-corrected chi connectivity index (χ0v) is 15.0. The molecule has 1 amide bonds. The van der Waals surface area contributed by atoms with E-state index in [0.717, 1.165) is 11.9 Å². The number of hydrogen-bond donors (Lipinski definition) is 2. The number of amides is 1. The molecule has 0 aliphatic heterocycles. The van der Waals surface area contributed by atoms with Crippen molar-refractivity contribution < 1.29 is 9.53 Å². The maximum Gasteiger partial charge on any atom is 0.278 e. The van der Waals surface area contributed by atoms with Crippen molar-refractivity contribution >= 4 is 28.4 Å². The van der Waals surface area contributed by atoms with Crippen LogP contribution in [-0.4, -0.2) is 29.0 Å². The van der Waals surface area contributed by atoms with Gasteiger partial charge >= 0.3 is 0 Å². The Morgan fingerprint density at radius 3 is 2.42 bits per heavy atom. The predicted molar refractivity (Wildman–Crippen MR) is 104 cm³/mol. The lowest BCUT2D eigenvalue weighted by atomic mass is 10.2. The topological polar surface area (TPSA) is 76.1 Å². The van der Waals surface area contributed by atoms with Gasteiger partial charge in [0.05, 0.1) is 23.3 Å². The highest BCUT2D eigenvalue weighted by Gasteiger charge is 2.18. The standard InChI is InChI=1S/C20H22N4O2/c1-3-13-21-19-18(22-14-9-5-6-10-15(14)23-19)20(25)24-16-11-7-8-12-17(16)26-4-2/h5-12H,3-4,13H2,1-2H3,(H,21,23)(H,24,25). The van der Waals surface area contributed by atoms with Crippen LogP contribution in [0, 0.1) is 0 Å². The lowest BCUT2D eigenvalue weighted by Gasteiger charge is -2.13. The summed E-state index contributed by atoms with van der Waals surface area (Å²) in [5.74, 6) is 0.783. The lowest BCUT2D eigenvalue weighted by molar-refractivity contribution is 0.102. The molecule has 0 saturated heterocycles. The van der Waals surface area contributed by atoms with Crippen molar-refractivity contribution in [1.82, 2.24) is 9.97 Å². The fraction of sp³-hybridized carbons (Fsp3) is 0.250. The second-order valence-electron chi connectivity index (χ2n) is 5.72. The van der Waals surface area contributed by atoms with E-state index in [9.17, 15) is 4.79 Å². The number of rotatable bonds is 7. The van der Waals surface area contributed by atoms with E-state index in [4.69, 9.17) is 4.74 Å². The molecule has 1 heterocycles. The number of nitrogens with zero attached hydrogens (tertiary/aromatic N) is 2. The smallest absolute Gasteiger partial charge is 0.278 e. The molecule has 0 unspecified atom stereocenters. The van der Waals surface area contributed by atoms with Gasteiger partial charge < -0.3 is 15.4 Å². The van der Waals surface area contributed by atoms with Crippen molar-refractivity contribution in [3.63, 3.8) is 0 Å². The Bertz CT molecular complexity index is 911. The van der Waals surface area contributed by atoms with Gasteiger partial charge in [0, 0.05) is 6.54 Å². The summed E-state index contributed by atoms with van der Waals surface area (Å²) in [5.41, 5.74) is 2.30. The van der Waals surface area contributed by atoms with Gasteiger partial charge in [0.1, 0.15) is 5.75 Å². The quantitative estimate of drug-likeness (QED) is 0.671. The van der Waals surface area contributed by atoms with Gasteiger partial charge in [0.2, 0.25) is 0 Å². The molecule has 1 aromatic heterocycles. The molecule has 0 aliphatic rings. The highest BCUT2D eigenvalue weighted by Crippen LogP contribution is 2.25. The number of carbonyl (C=O) groups excluding carboxylic acids is 1. The first-order valence-electron chi connectivity index (χ1n) is 8.76. The molecule has 0 atom stereocenters. The van der Waals surface area contributed by atoms with Gasteiger partial charge in [-0.05, 0) is 37.6 Å². The minimum atomic E-state index is -0.325. The van der Waals surface area contributed by atoms with Crippen molar-refractivity contribution in [2.45, 2.75) is 20.3 Å². The minimum Gasteiger partial charge on any atom is -0.492 e. The molecule has 0 radical (unpaired) electrons. The summed E-state index contributed by atoms with van der Waals surface area (Å²) in [6.45, 7) is 5.19.